The summed E-state index contributed by atoms with van der Waals surface area (Å²) in [5.74, 6) is -0.359. The van der Waals surface area contributed by atoms with E-state index in [-0.39, 0.29) is 5.91 Å². The fraction of sp³-hybridized carbons (Fsp3) is 0.421. The highest BCUT2D eigenvalue weighted by Crippen LogP contribution is 2.37. The first-order valence-corrected chi connectivity index (χ1v) is 8.67. The molecular formula is C19H20F3N3O. The SMILES string of the molecule is O=C(Nc1cnccn1)C(CC1CCCC1)c1cccc(C(F)(F)F)c1. The van der Waals surface area contributed by atoms with Crippen molar-refractivity contribution in [3.8, 4) is 0 Å². The summed E-state index contributed by atoms with van der Waals surface area (Å²) < 4.78 is 39.2. The van der Waals surface area contributed by atoms with Crippen molar-refractivity contribution in [2.24, 2.45) is 5.92 Å². The Labute approximate surface area is 149 Å². The molecule has 1 heterocycles. The Hall–Kier alpha value is -2.44. The van der Waals surface area contributed by atoms with Crippen LogP contribution in [0.25, 0.3) is 0 Å². The summed E-state index contributed by atoms with van der Waals surface area (Å²) in [5.41, 5.74) is -0.355. The molecule has 2 aromatic rings. The van der Waals surface area contributed by atoms with E-state index in [9.17, 15) is 18.0 Å². The monoisotopic (exact) mass is 363 g/mol. The highest BCUT2D eigenvalue weighted by molar-refractivity contribution is 5.95. The first-order valence-electron chi connectivity index (χ1n) is 8.67. The lowest BCUT2D eigenvalue weighted by atomic mass is 9.86. The number of alkyl halides is 3. The number of amides is 1. The molecule has 4 nitrogen and oxygen atoms in total. The van der Waals surface area contributed by atoms with Gasteiger partial charge in [0.05, 0.1) is 17.7 Å². The van der Waals surface area contributed by atoms with Crippen LogP contribution >= 0.6 is 0 Å². The third kappa shape index (κ3) is 4.59. The van der Waals surface area contributed by atoms with Crippen molar-refractivity contribution in [3.63, 3.8) is 0 Å². The molecule has 3 rings (SSSR count). The first-order chi connectivity index (χ1) is 12.4. The number of hydrogen-bond donors (Lipinski definition) is 1. The molecule has 26 heavy (non-hydrogen) atoms. The van der Waals surface area contributed by atoms with Gasteiger partial charge in [-0.05, 0) is 24.0 Å². The number of carbonyl (C=O) groups is 1. The van der Waals surface area contributed by atoms with Crippen molar-refractivity contribution in [3.05, 3.63) is 54.0 Å². The minimum Gasteiger partial charge on any atom is -0.309 e. The molecule has 1 fully saturated rings. The van der Waals surface area contributed by atoms with E-state index >= 15 is 0 Å². The molecule has 0 bridgehead atoms. The molecule has 1 atom stereocenters. The van der Waals surface area contributed by atoms with E-state index in [0.717, 1.165) is 37.8 Å². The Morgan fingerprint density at radius 2 is 2.00 bits per heavy atom. The number of benzene rings is 1. The van der Waals surface area contributed by atoms with Crippen LogP contribution in [0.4, 0.5) is 19.0 Å². The van der Waals surface area contributed by atoms with E-state index in [0.29, 0.717) is 23.7 Å². The van der Waals surface area contributed by atoms with E-state index in [4.69, 9.17) is 0 Å². The smallest absolute Gasteiger partial charge is 0.309 e. The van der Waals surface area contributed by atoms with Gasteiger partial charge in [0, 0.05) is 12.4 Å². The lowest BCUT2D eigenvalue weighted by molar-refractivity contribution is -0.137. The zero-order valence-electron chi connectivity index (χ0n) is 14.2. The predicted octanol–water partition coefficient (Wildman–Crippen LogP) is 4.80. The van der Waals surface area contributed by atoms with Gasteiger partial charge in [0.15, 0.2) is 5.82 Å². The third-order valence-electron chi connectivity index (χ3n) is 4.79. The highest BCUT2D eigenvalue weighted by Gasteiger charge is 2.33. The summed E-state index contributed by atoms with van der Waals surface area (Å²) in [4.78, 5) is 20.7. The van der Waals surface area contributed by atoms with Gasteiger partial charge in [-0.1, -0.05) is 43.9 Å². The number of nitrogens with one attached hydrogen (secondary N) is 1. The number of rotatable bonds is 5. The van der Waals surface area contributed by atoms with E-state index in [1.54, 1.807) is 6.07 Å². The van der Waals surface area contributed by atoms with Gasteiger partial charge in [0.25, 0.3) is 0 Å². The Morgan fingerprint density at radius 3 is 2.65 bits per heavy atom. The van der Waals surface area contributed by atoms with E-state index in [1.165, 1.54) is 24.7 Å². The van der Waals surface area contributed by atoms with Crippen LogP contribution in [0.2, 0.25) is 0 Å². The van der Waals surface area contributed by atoms with Crippen LogP contribution in [-0.2, 0) is 11.0 Å². The maximum atomic E-state index is 13.1. The summed E-state index contributed by atoms with van der Waals surface area (Å²) in [6, 6.07) is 5.05. The van der Waals surface area contributed by atoms with Crippen molar-refractivity contribution in [2.45, 2.75) is 44.2 Å². The summed E-state index contributed by atoms with van der Waals surface area (Å²) in [7, 11) is 0. The number of aromatic nitrogens is 2. The van der Waals surface area contributed by atoms with Gasteiger partial charge in [-0.3, -0.25) is 9.78 Å². The average molecular weight is 363 g/mol. The fourth-order valence-corrected chi connectivity index (χ4v) is 3.48. The molecule has 1 aliphatic carbocycles. The van der Waals surface area contributed by atoms with E-state index in [2.05, 4.69) is 15.3 Å². The Balaban J connectivity index is 1.86. The molecule has 1 aromatic heterocycles. The molecular weight excluding hydrogens is 343 g/mol. The van der Waals surface area contributed by atoms with Gasteiger partial charge in [-0.25, -0.2) is 4.98 Å². The molecule has 1 amide bonds. The van der Waals surface area contributed by atoms with E-state index in [1.807, 2.05) is 0 Å². The van der Waals surface area contributed by atoms with Gasteiger partial charge in [-0.2, -0.15) is 13.2 Å². The Kier molecular flexibility index (Phi) is 5.54. The van der Waals surface area contributed by atoms with Gasteiger partial charge in [0.1, 0.15) is 0 Å². The standard InChI is InChI=1S/C19H20F3N3O/c20-19(21,22)15-7-3-6-14(11-15)16(10-13-4-1-2-5-13)18(26)25-17-12-23-8-9-24-17/h3,6-9,11-13,16H,1-2,4-5,10H2,(H,24,25,26). The van der Waals surface area contributed by atoms with Crippen LogP contribution in [0.3, 0.4) is 0 Å². The van der Waals surface area contributed by atoms with Crippen molar-refractivity contribution >= 4 is 11.7 Å². The van der Waals surface area contributed by atoms with Crippen molar-refractivity contribution < 1.29 is 18.0 Å². The zero-order chi connectivity index (χ0) is 18.6. The van der Waals surface area contributed by atoms with Crippen LogP contribution < -0.4 is 5.32 Å². The van der Waals surface area contributed by atoms with Crippen molar-refractivity contribution in [1.82, 2.24) is 9.97 Å². The molecule has 138 valence electrons. The first kappa shape index (κ1) is 18.4. The Morgan fingerprint density at radius 1 is 1.23 bits per heavy atom. The Bertz CT molecular complexity index is 743. The van der Waals surface area contributed by atoms with Gasteiger partial charge < -0.3 is 5.32 Å². The number of halogens is 3. The highest BCUT2D eigenvalue weighted by atomic mass is 19.4. The van der Waals surface area contributed by atoms with Crippen LogP contribution in [-0.4, -0.2) is 15.9 Å². The quantitative estimate of drug-likeness (QED) is 0.830. The lowest BCUT2D eigenvalue weighted by Crippen LogP contribution is -2.24. The summed E-state index contributed by atoms with van der Waals surface area (Å²) >= 11 is 0. The molecule has 1 aromatic carbocycles. The molecule has 0 spiro atoms. The van der Waals surface area contributed by atoms with Gasteiger partial charge in [0.2, 0.25) is 5.91 Å². The number of hydrogen-bond acceptors (Lipinski definition) is 3. The summed E-state index contributed by atoms with van der Waals surface area (Å²) in [6.07, 6.45) is 4.67. The van der Waals surface area contributed by atoms with Gasteiger partial charge >= 0.3 is 6.18 Å². The molecule has 0 aliphatic heterocycles. The van der Waals surface area contributed by atoms with Crippen LogP contribution in [0.1, 0.15) is 49.1 Å². The molecule has 1 unspecified atom stereocenters. The normalized spacial score (nSPS) is 16.4. The minimum absolute atomic E-state index is 0.292. The van der Waals surface area contributed by atoms with Crippen molar-refractivity contribution in [1.29, 1.82) is 0 Å². The number of nitrogens with zero attached hydrogens (tertiary/aromatic N) is 2. The summed E-state index contributed by atoms with van der Waals surface area (Å²) in [6.45, 7) is 0. The van der Waals surface area contributed by atoms with Crippen LogP contribution in [0.15, 0.2) is 42.9 Å². The molecule has 0 radical (unpaired) electrons. The second-order valence-electron chi connectivity index (χ2n) is 6.64. The van der Waals surface area contributed by atoms with Crippen molar-refractivity contribution in [2.75, 3.05) is 5.32 Å². The predicted molar refractivity (Wildman–Crippen MR) is 91.4 cm³/mol. The molecule has 7 heteroatoms. The van der Waals surface area contributed by atoms with Crippen LogP contribution in [0.5, 0.6) is 0 Å². The van der Waals surface area contributed by atoms with Crippen LogP contribution in [0, 0.1) is 5.92 Å². The fourth-order valence-electron chi connectivity index (χ4n) is 3.48. The molecule has 0 saturated heterocycles. The largest absolute Gasteiger partial charge is 0.416 e. The average Bonchev–Trinajstić information content (AvgIpc) is 3.13. The lowest BCUT2D eigenvalue weighted by Gasteiger charge is -2.21. The maximum Gasteiger partial charge on any atom is 0.416 e. The maximum absolute atomic E-state index is 13.1. The minimum atomic E-state index is -4.44. The third-order valence-corrected chi connectivity index (χ3v) is 4.79. The second-order valence-corrected chi connectivity index (χ2v) is 6.64. The second kappa shape index (κ2) is 7.85. The zero-order valence-corrected chi connectivity index (χ0v) is 14.2. The molecule has 1 aliphatic rings. The van der Waals surface area contributed by atoms with Gasteiger partial charge in [-0.15, -0.1) is 0 Å². The number of carbonyl (C=O) groups excluding carboxylic acids is 1. The topological polar surface area (TPSA) is 54.9 Å². The number of anilines is 1. The molecule has 1 saturated carbocycles. The molecule has 1 N–H and O–H groups in total. The summed E-state index contributed by atoms with van der Waals surface area (Å²) in [5, 5.41) is 2.68. The van der Waals surface area contributed by atoms with E-state index < -0.39 is 17.7 Å².